The summed E-state index contributed by atoms with van der Waals surface area (Å²) in [6, 6.07) is 5.21. The van der Waals surface area contributed by atoms with Crippen molar-refractivity contribution in [1.82, 2.24) is 9.78 Å². The van der Waals surface area contributed by atoms with Gasteiger partial charge in [-0.2, -0.15) is 15.0 Å². The van der Waals surface area contributed by atoms with Crippen LogP contribution in [0.5, 0.6) is 5.75 Å². The molecule has 1 aromatic heterocycles. The summed E-state index contributed by atoms with van der Waals surface area (Å²) in [5.41, 5.74) is -1.11. The molecule has 1 N–H and O–H groups in total. The Morgan fingerprint density at radius 2 is 2.11 bits per heavy atom. The lowest BCUT2D eigenvalue weighted by molar-refractivity contribution is 0.458. The van der Waals surface area contributed by atoms with Crippen molar-refractivity contribution in [3.05, 3.63) is 51.9 Å². The molecule has 0 saturated heterocycles. The van der Waals surface area contributed by atoms with E-state index in [0.717, 1.165) is 18.2 Å². The van der Waals surface area contributed by atoms with Gasteiger partial charge in [0.25, 0.3) is 5.56 Å². The quantitative estimate of drug-likeness (QED) is 0.885. The lowest BCUT2D eigenvalue weighted by atomic mass is 10.2. The fourth-order valence-corrected chi connectivity index (χ4v) is 1.51. The summed E-state index contributed by atoms with van der Waals surface area (Å²) < 4.78 is 27.0. The summed E-state index contributed by atoms with van der Waals surface area (Å²) in [6.07, 6.45) is -0.241. The summed E-state index contributed by atoms with van der Waals surface area (Å²) in [6.45, 7) is 0. The smallest absolute Gasteiger partial charge is 0.275 e. The highest BCUT2D eigenvalue weighted by molar-refractivity contribution is 5.35. The maximum atomic E-state index is 13.6. The van der Waals surface area contributed by atoms with Crippen molar-refractivity contribution in [2.45, 2.75) is 6.42 Å². The Hall–Kier alpha value is -2.75. The average Bonchev–Trinajstić information content (AvgIpc) is 2.34. The van der Waals surface area contributed by atoms with Gasteiger partial charge in [0.15, 0.2) is 5.82 Å². The lowest BCUT2D eigenvalue weighted by Gasteiger charge is -2.08. The van der Waals surface area contributed by atoms with Gasteiger partial charge in [-0.05, 0) is 12.1 Å². The van der Waals surface area contributed by atoms with Gasteiger partial charge in [-0.15, -0.1) is 0 Å². The first kappa shape index (κ1) is 12.7. The van der Waals surface area contributed by atoms with E-state index >= 15 is 0 Å². The molecule has 96 valence electrons. The minimum Gasteiger partial charge on any atom is -0.506 e. The molecule has 0 fully saturated rings. The Balaban J connectivity index is 2.65. The van der Waals surface area contributed by atoms with Crippen LogP contribution in [0, 0.1) is 23.0 Å². The van der Waals surface area contributed by atoms with Gasteiger partial charge in [0.05, 0.1) is 12.5 Å². The van der Waals surface area contributed by atoms with Crippen LogP contribution in [0.25, 0.3) is 5.69 Å². The summed E-state index contributed by atoms with van der Waals surface area (Å²) in [7, 11) is 0. The highest BCUT2D eigenvalue weighted by atomic mass is 19.1. The van der Waals surface area contributed by atoms with Crippen LogP contribution in [0.4, 0.5) is 8.78 Å². The molecule has 0 radical (unpaired) electrons. The number of nitriles is 1. The Labute approximate surface area is 106 Å². The Kier molecular flexibility index (Phi) is 3.25. The molecule has 0 spiro atoms. The Morgan fingerprint density at radius 1 is 1.37 bits per heavy atom. The second-order valence-corrected chi connectivity index (χ2v) is 3.66. The van der Waals surface area contributed by atoms with Crippen LogP contribution >= 0.6 is 0 Å². The van der Waals surface area contributed by atoms with Gasteiger partial charge in [-0.1, -0.05) is 0 Å². The van der Waals surface area contributed by atoms with Gasteiger partial charge < -0.3 is 5.11 Å². The molecule has 0 aliphatic rings. The molecule has 2 aromatic rings. The number of hydrogen-bond acceptors (Lipinski definition) is 4. The van der Waals surface area contributed by atoms with Crippen LogP contribution in [-0.2, 0) is 6.42 Å². The molecular weight excluding hydrogens is 256 g/mol. The van der Waals surface area contributed by atoms with Gasteiger partial charge >= 0.3 is 0 Å². The van der Waals surface area contributed by atoms with Gasteiger partial charge in [-0.3, -0.25) is 4.79 Å². The minimum atomic E-state index is -0.969. The van der Waals surface area contributed by atoms with Gasteiger partial charge in [0, 0.05) is 12.1 Å². The van der Waals surface area contributed by atoms with Crippen molar-refractivity contribution < 1.29 is 13.9 Å². The van der Waals surface area contributed by atoms with Crippen molar-refractivity contribution in [2.75, 3.05) is 0 Å². The molecule has 0 bridgehead atoms. The van der Waals surface area contributed by atoms with Crippen molar-refractivity contribution in [3.8, 4) is 17.5 Å². The molecule has 7 heteroatoms. The van der Waals surface area contributed by atoms with Crippen LogP contribution in [-0.4, -0.2) is 14.9 Å². The maximum Gasteiger partial charge on any atom is 0.275 e. The first-order valence-electron chi connectivity index (χ1n) is 5.17. The maximum absolute atomic E-state index is 13.6. The number of aromatic hydroxyl groups is 1. The molecule has 0 saturated carbocycles. The number of rotatable bonds is 2. The normalized spacial score (nSPS) is 10.2. The summed E-state index contributed by atoms with van der Waals surface area (Å²) in [4.78, 5) is 11.6. The van der Waals surface area contributed by atoms with Crippen molar-refractivity contribution in [2.24, 2.45) is 0 Å². The number of benzene rings is 1. The van der Waals surface area contributed by atoms with Crippen molar-refractivity contribution in [3.63, 3.8) is 0 Å². The third-order valence-corrected chi connectivity index (χ3v) is 2.37. The fourth-order valence-electron chi connectivity index (χ4n) is 1.51. The van der Waals surface area contributed by atoms with Gasteiger partial charge in [0.2, 0.25) is 0 Å². The van der Waals surface area contributed by atoms with Crippen LogP contribution in [0.2, 0.25) is 0 Å². The topological polar surface area (TPSA) is 78.9 Å². The lowest BCUT2D eigenvalue weighted by Crippen LogP contribution is -2.22. The van der Waals surface area contributed by atoms with E-state index in [4.69, 9.17) is 5.26 Å². The molecule has 0 unspecified atom stereocenters. The van der Waals surface area contributed by atoms with E-state index in [1.807, 2.05) is 0 Å². The molecule has 0 atom stereocenters. The zero-order valence-corrected chi connectivity index (χ0v) is 9.47. The minimum absolute atomic E-state index is 0.0641. The molecule has 1 aromatic carbocycles. The molecular formula is C12H7F2N3O2. The average molecular weight is 263 g/mol. The van der Waals surface area contributed by atoms with Gasteiger partial charge in [-0.25, -0.2) is 8.78 Å². The van der Waals surface area contributed by atoms with E-state index in [9.17, 15) is 18.7 Å². The largest absolute Gasteiger partial charge is 0.506 e. The summed E-state index contributed by atoms with van der Waals surface area (Å²) in [5.74, 6) is -2.20. The van der Waals surface area contributed by atoms with E-state index in [2.05, 4.69) is 5.10 Å². The van der Waals surface area contributed by atoms with E-state index < -0.39 is 22.9 Å². The molecule has 5 nitrogen and oxygen atoms in total. The number of aromatic nitrogens is 2. The molecule has 2 rings (SSSR count). The second kappa shape index (κ2) is 4.86. The number of halogens is 2. The third-order valence-electron chi connectivity index (χ3n) is 2.37. The molecule has 0 aliphatic heterocycles. The van der Waals surface area contributed by atoms with Crippen LogP contribution in [0.1, 0.15) is 5.69 Å². The highest BCUT2D eigenvalue weighted by Crippen LogP contribution is 2.15. The number of hydrogen-bond donors (Lipinski definition) is 1. The SMILES string of the molecule is N#CCc1nn(-c2ccc(F)cc2F)c(=O)cc1O. The summed E-state index contributed by atoms with van der Waals surface area (Å²) >= 11 is 0. The Bertz CT molecular complexity index is 735. The van der Waals surface area contributed by atoms with Crippen molar-refractivity contribution >= 4 is 0 Å². The molecule has 19 heavy (non-hydrogen) atoms. The van der Waals surface area contributed by atoms with Crippen molar-refractivity contribution in [1.29, 1.82) is 5.26 Å². The fraction of sp³-hybridized carbons (Fsp3) is 0.0833. The van der Waals surface area contributed by atoms with E-state index in [0.29, 0.717) is 10.7 Å². The first-order chi connectivity index (χ1) is 9.02. The molecule has 0 aliphatic carbocycles. The van der Waals surface area contributed by atoms with Crippen LogP contribution in [0.3, 0.4) is 0 Å². The van der Waals surface area contributed by atoms with Crippen LogP contribution in [0.15, 0.2) is 29.1 Å². The predicted octanol–water partition coefficient (Wildman–Crippen LogP) is 1.28. The van der Waals surface area contributed by atoms with E-state index in [-0.39, 0.29) is 17.8 Å². The molecule has 1 heterocycles. The Morgan fingerprint density at radius 3 is 2.74 bits per heavy atom. The zero-order chi connectivity index (χ0) is 14.0. The molecule has 0 amide bonds. The standard InChI is InChI=1S/C12H7F2N3O2/c13-7-1-2-10(8(14)5-7)17-12(19)6-11(18)9(16-17)3-4-15/h1-2,5-6,18H,3H2. The van der Waals surface area contributed by atoms with E-state index in [1.165, 1.54) is 0 Å². The van der Waals surface area contributed by atoms with Gasteiger partial charge in [0.1, 0.15) is 22.9 Å². The monoisotopic (exact) mass is 263 g/mol. The van der Waals surface area contributed by atoms with E-state index in [1.54, 1.807) is 6.07 Å². The highest BCUT2D eigenvalue weighted by Gasteiger charge is 2.12. The summed E-state index contributed by atoms with van der Waals surface area (Å²) in [5, 5.41) is 21.7. The number of nitrogens with zero attached hydrogens (tertiary/aromatic N) is 3. The zero-order valence-electron chi connectivity index (χ0n) is 9.47. The van der Waals surface area contributed by atoms with Crippen LogP contribution < -0.4 is 5.56 Å². The first-order valence-corrected chi connectivity index (χ1v) is 5.17. The predicted molar refractivity (Wildman–Crippen MR) is 60.7 cm³/mol. The second-order valence-electron chi connectivity index (χ2n) is 3.66. The third kappa shape index (κ3) is 2.42.